The smallest absolute Gasteiger partial charge is 0.0465 e. The van der Waals surface area contributed by atoms with Crippen LogP contribution in [0.4, 0.5) is 0 Å². The van der Waals surface area contributed by atoms with Gasteiger partial charge in [0.15, 0.2) is 0 Å². The maximum atomic E-state index is 5.34. The molecule has 7 heavy (non-hydrogen) atoms. The van der Waals surface area contributed by atoms with Crippen molar-refractivity contribution in [3.8, 4) is 0 Å². The van der Waals surface area contributed by atoms with Crippen LogP contribution in [0, 0.1) is 0 Å². The first-order chi connectivity index (χ1) is 3.39. The Morgan fingerprint density at radius 2 is 2.29 bits per heavy atom. The summed E-state index contributed by atoms with van der Waals surface area (Å²) in [5, 5.41) is 0. The molecular weight excluding hydrogens is 104 g/mol. The van der Waals surface area contributed by atoms with Gasteiger partial charge >= 0.3 is 0 Å². The molecular formula is C5H12OSi. The van der Waals surface area contributed by atoms with Crippen molar-refractivity contribution in [2.45, 2.75) is 25.0 Å². The van der Waals surface area contributed by atoms with E-state index in [2.05, 4.69) is 0 Å². The summed E-state index contributed by atoms with van der Waals surface area (Å²) >= 11 is 0. The summed E-state index contributed by atoms with van der Waals surface area (Å²) in [7, 11) is 1.23. The minimum absolute atomic E-state index is 0.675. The van der Waals surface area contributed by atoms with Crippen LogP contribution in [0.3, 0.4) is 0 Å². The van der Waals surface area contributed by atoms with Gasteiger partial charge in [-0.1, -0.05) is 0 Å². The van der Waals surface area contributed by atoms with E-state index in [1.807, 2.05) is 0 Å². The quantitative estimate of drug-likeness (QED) is 0.401. The molecule has 0 N–H and O–H groups in total. The molecule has 1 heterocycles. The predicted molar refractivity (Wildman–Crippen MR) is 33.5 cm³/mol. The molecule has 1 nitrogen and oxygen atoms in total. The second kappa shape index (κ2) is 2.48. The molecule has 1 aliphatic heterocycles. The second-order valence-electron chi connectivity index (χ2n) is 2.18. The van der Waals surface area contributed by atoms with Crippen LogP contribution in [0.15, 0.2) is 0 Å². The van der Waals surface area contributed by atoms with E-state index < -0.39 is 0 Å². The summed E-state index contributed by atoms with van der Waals surface area (Å²) < 4.78 is 5.34. The standard InChI is InChI=1S/C5H12OSi/c7-5-3-1-2-4-6-5/h5H,1-4H2,7H3/t5-/m1/s1. The molecule has 1 fully saturated rings. The third-order valence-electron chi connectivity index (χ3n) is 1.41. The molecule has 0 bridgehead atoms. The van der Waals surface area contributed by atoms with Crippen LogP contribution >= 0.6 is 0 Å². The molecule has 1 atom stereocenters. The molecule has 0 unspecified atom stereocenters. The first-order valence-electron chi connectivity index (χ1n) is 3.01. The van der Waals surface area contributed by atoms with Crippen molar-refractivity contribution in [2.75, 3.05) is 6.61 Å². The average Bonchev–Trinajstić information content (AvgIpc) is 1.69. The molecule has 0 aromatic rings. The molecule has 0 aromatic carbocycles. The van der Waals surface area contributed by atoms with Gasteiger partial charge in [0.05, 0.1) is 0 Å². The van der Waals surface area contributed by atoms with E-state index >= 15 is 0 Å². The molecule has 0 spiro atoms. The summed E-state index contributed by atoms with van der Waals surface area (Å²) in [5.74, 6) is 0. The minimum atomic E-state index is 0.675. The van der Waals surface area contributed by atoms with E-state index in [1.54, 1.807) is 0 Å². The fraction of sp³-hybridized carbons (Fsp3) is 1.00. The molecule has 0 radical (unpaired) electrons. The van der Waals surface area contributed by atoms with Crippen LogP contribution in [0.2, 0.25) is 0 Å². The molecule has 42 valence electrons. The van der Waals surface area contributed by atoms with Gasteiger partial charge in [-0.2, -0.15) is 0 Å². The Bertz CT molecular complexity index is 50.0. The van der Waals surface area contributed by atoms with Crippen molar-refractivity contribution >= 4 is 10.2 Å². The highest BCUT2D eigenvalue weighted by molar-refractivity contribution is 6.10. The van der Waals surface area contributed by atoms with Gasteiger partial charge in [0.2, 0.25) is 0 Å². The topological polar surface area (TPSA) is 9.23 Å². The van der Waals surface area contributed by atoms with Crippen LogP contribution in [-0.4, -0.2) is 22.6 Å². The third kappa shape index (κ3) is 1.61. The summed E-state index contributed by atoms with van der Waals surface area (Å²) in [5.41, 5.74) is 0.675. The Hall–Kier alpha value is 0.177. The Morgan fingerprint density at radius 1 is 1.43 bits per heavy atom. The van der Waals surface area contributed by atoms with Crippen molar-refractivity contribution in [1.29, 1.82) is 0 Å². The van der Waals surface area contributed by atoms with Crippen molar-refractivity contribution in [1.82, 2.24) is 0 Å². The first-order valence-corrected chi connectivity index (χ1v) is 4.16. The molecule has 1 aliphatic rings. The summed E-state index contributed by atoms with van der Waals surface area (Å²) in [4.78, 5) is 0. The third-order valence-corrected chi connectivity index (χ3v) is 2.32. The van der Waals surface area contributed by atoms with Crippen molar-refractivity contribution in [2.24, 2.45) is 0 Å². The van der Waals surface area contributed by atoms with Gasteiger partial charge < -0.3 is 4.74 Å². The van der Waals surface area contributed by atoms with Gasteiger partial charge in [-0.3, -0.25) is 0 Å². The molecule has 1 rings (SSSR count). The SMILES string of the molecule is [SiH3][C@@H]1CCCCO1. The molecule has 0 aliphatic carbocycles. The summed E-state index contributed by atoms with van der Waals surface area (Å²) in [6.45, 7) is 1.02. The lowest BCUT2D eigenvalue weighted by molar-refractivity contribution is 0.0675. The van der Waals surface area contributed by atoms with Crippen LogP contribution in [0.1, 0.15) is 19.3 Å². The summed E-state index contributed by atoms with van der Waals surface area (Å²) in [6, 6.07) is 0. The van der Waals surface area contributed by atoms with Gasteiger partial charge in [-0.05, 0) is 19.3 Å². The fourth-order valence-corrected chi connectivity index (χ4v) is 1.55. The molecule has 2 heteroatoms. The fourth-order valence-electron chi connectivity index (χ4n) is 0.902. The van der Waals surface area contributed by atoms with Gasteiger partial charge in [-0.15, -0.1) is 0 Å². The maximum absolute atomic E-state index is 5.34. The van der Waals surface area contributed by atoms with Crippen molar-refractivity contribution in [3.05, 3.63) is 0 Å². The van der Waals surface area contributed by atoms with E-state index in [-0.39, 0.29) is 0 Å². The minimum Gasteiger partial charge on any atom is -0.383 e. The van der Waals surface area contributed by atoms with Crippen LogP contribution in [-0.2, 0) is 4.74 Å². The average molecular weight is 116 g/mol. The molecule has 1 saturated heterocycles. The van der Waals surface area contributed by atoms with Crippen LogP contribution in [0.25, 0.3) is 0 Å². The largest absolute Gasteiger partial charge is 0.383 e. The Balaban J connectivity index is 2.12. The zero-order valence-corrected chi connectivity index (χ0v) is 6.81. The normalized spacial score (nSPS) is 33.4. The maximum Gasteiger partial charge on any atom is 0.0465 e. The van der Waals surface area contributed by atoms with E-state index in [1.165, 1.54) is 29.5 Å². The number of hydrogen-bond donors (Lipinski definition) is 0. The zero-order valence-electron chi connectivity index (χ0n) is 4.81. The highest BCUT2D eigenvalue weighted by atomic mass is 28.1. The highest BCUT2D eigenvalue weighted by Gasteiger charge is 2.05. The van der Waals surface area contributed by atoms with Gasteiger partial charge in [0.25, 0.3) is 0 Å². The molecule has 0 saturated carbocycles. The second-order valence-corrected chi connectivity index (χ2v) is 3.47. The van der Waals surface area contributed by atoms with Crippen LogP contribution in [0.5, 0.6) is 0 Å². The van der Waals surface area contributed by atoms with E-state index in [9.17, 15) is 0 Å². The van der Waals surface area contributed by atoms with Gasteiger partial charge in [0, 0.05) is 22.6 Å². The lowest BCUT2D eigenvalue weighted by atomic mass is 10.2. The van der Waals surface area contributed by atoms with Crippen molar-refractivity contribution < 1.29 is 4.74 Å². The Morgan fingerprint density at radius 3 is 2.57 bits per heavy atom. The van der Waals surface area contributed by atoms with Crippen molar-refractivity contribution in [3.63, 3.8) is 0 Å². The lowest BCUT2D eigenvalue weighted by Crippen LogP contribution is -2.18. The van der Waals surface area contributed by atoms with E-state index in [0.29, 0.717) is 5.73 Å². The Kier molecular flexibility index (Phi) is 1.88. The van der Waals surface area contributed by atoms with Gasteiger partial charge in [0.1, 0.15) is 0 Å². The predicted octanol–water partition coefficient (Wildman–Crippen LogP) is -0.122. The van der Waals surface area contributed by atoms with E-state index in [0.717, 1.165) is 6.61 Å². The lowest BCUT2D eigenvalue weighted by Gasteiger charge is -2.17. The van der Waals surface area contributed by atoms with E-state index in [4.69, 9.17) is 4.74 Å². The number of ether oxygens (including phenoxy) is 1. The molecule has 0 aromatic heterocycles. The first kappa shape index (κ1) is 5.32. The number of hydrogen-bond acceptors (Lipinski definition) is 1. The monoisotopic (exact) mass is 116 g/mol. The summed E-state index contributed by atoms with van der Waals surface area (Å²) in [6.07, 6.45) is 4.01. The van der Waals surface area contributed by atoms with Gasteiger partial charge in [-0.25, -0.2) is 0 Å². The number of rotatable bonds is 0. The molecule has 0 amide bonds. The zero-order chi connectivity index (χ0) is 5.11. The Labute approximate surface area is 47.5 Å². The highest BCUT2D eigenvalue weighted by Crippen LogP contribution is 2.08. The van der Waals surface area contributed by atoms with Crippen LogP contribution < -0.4 is 0 Å².